The van der Waals surface area contributed by atoms with Gasteiger partial charge in [0.05, 0.1) is 25.2 Å². The van der Waals surface area contributed by atoms with Gasteiger partial charge in [0.15, 0.2) is 6.29 Å². The van der Waals surface area contributed by atoms with Gasteiger partial charge in [-0.2, -0.15) is 5.26 Å². The molecule has 0 aromatic heterocycles. The average Bonchev–Trinajstić information content (AvgIpc) is 2.19. The van der Waals surface area contributed by atoms with Gasteiger partial charge in [0.2, 0.25) is 0 Å². The maximum absolute atomic E-state index is 8.58. The van der Waals surface area contributed by atoms with Crippen LogP contribution in [0, 0.1) is 17.2 Å². The average molecular weight is 183 g/mol. The number of hydrogen-bond acceptors (Lipinski definition) is 3. The molecule has 0 spiro atoms. The second-order valence-electron chi connectivity index (χ2n) is 3.42. The van der Waals surface area contributed by atoms with Crippen molar-refractivity contribution in [3.8, 4) is 6.07 Å². The molecule has 0 saturated carbocycles. The van der Waals surface area contributed by atoms with Crippen molar-refractivity contribution < 1.29 is 9.47 Å². The SMILES string of the molecule is CCCCCC1OCC(C#N)CO1. The standard InChI is InChI=1S/C10H17NO2/c1-2-3-4-5-10-12-7-9(6-11)8-13-10/h9-10H,2-5,7-8H2,1H3. The Labute approximate surface area is 79.6 Å². The molecule has 0 radical (unpaired) electrons. The molecule has 74 valence electrons. The van der Waals surface area contributed by atoms with Gasteiger partial charge in [0.1, 0.15) is 0 Å². The number of nitriles is 1. The van der Waals surface area contributed by atoms with E-state index in [9.17, 15) is 0 Å². The Balaban J connectivity index is 2.08. The van der Waals surface area contributed by atoms with Crippen LogP contribution in [0.1, 0.15) is 32.6 Å². The maximum atomic E-state index is 8.58. The summed E-state index contributed by atoms with van der Waals surface area (Å²) in [6.45, 7) is 3.24. The Morgan fingerprint density at radius 1 is 1.31 bits per heavy atom. The number of rotatable bonds is 4. The van der Waals surface area contributed by atoms with Crippen molar-refractivity contribution in [2.75, 3.05) is 13.2 Å². The first-order chi connectivity index (χ1) is 6.36. The lowest BCUT2D eigenvalue weighted by Gasteiger charge is -2.25. The van der Waals surface area contributed by atoms with Crippen molar-refractivity contribution in [3.63, 3.8) is 0 Å². The quantitative estimate of drug-likeness (QED) is 0.627. The molecular weight excluding hydrogens is 166 g/mol. The minimum atomic E-state index is -0.0672. The first kappa shape index (κ1) is 10.5. The molecule has 0 aliphatic carbocycles. The van der Waals surface area contributed by atoms with E-state index in [1.54, 1.807) is 0 Å². The van der Waals surface area contributed by atoms with Crippen LogP contribution in [0.4, 0.5) is 0 Å². The Bertz CT molecular complexity index is 168. The second-order valence-corrected chi connectivity index (χ2v) is 3.42. The molecule has 13 heavy (non-hydrogen) atoms. The van der Waals surface area contributed by atoms with Gasteiger partial charge in [-0.1, -0.05) is 19.8 Å². The van der Waals surface area contributed by atoms with Crippen molar-refractivity contribution in [3.05, 3.63) is 0 Å². The molecule has 0 aromatic rings. The molecule has 1 rings (SSSR count). The summed E-state index contributed by atoms with van der Waals surface area (Å²) in [5.41, 5.74) is 0. The summed E-state index contributed by atoms with van der Waals surface area (Å²) in [4.78, 5) is 0. The summed E-state index contributed by atoms with van der Waals surface area (Å²) in [7, 11) is 0. The zero-order chi connectivity index (χ0) is 9.52. The molecule has 0 bridgehead atoms. The molecule has 1 aliphatic heterocycles. The van der Waals surface area contributed by atoms with Gasteiger partial charge in [-0.25, -0.2) is 0 Å². The number of nitrogens with zero attached hydrogens (tertiary/aromatic N) is 1. The Morgan fingerprint density at radius 2 is 2.00 bits per heavy atom. The van der Waals surface area contributed by atoms with Gasteiger partial charge in [0, 0.05) is 0 Å². The van der Waals surface area contributed by atoms with Crippen LogP contribution in [0.25, 0.3) is 0 Å². The van der Waals surface area contributed by atoms with Crippen LogP contribution in [-0.2, 0) is 9.47 Å². The fourth-order valence-corrected chi connectivity index (χ4v) is 1.35. The molecule has 1 saturated heterocycles. The van der Waals surface area contributed by atoms with E-state index >= 15 is 0 Å². The lowest BCUT2D eigenvalue weighted by Crippen LogP contribution is -2.31. The smallest absolute Gasteiger partial charge is 0.157 e. The molecule has 0 unspecified atom stereocenters. The molecule has 1 fully saturated rings. The van der Waals surface area contributed by atoms with Gasteiger partial charge in [-0.05, 0) is 12.8 Å². The Kier molecular flexibility index (Phi) is 4.81. The van der Waals surface area contributed by atoms with Gasteiger partial charge < -0.3 is 9.47 Å². The van der Waals surface area contributed by atoms with Crippen LogP contribution in [0.2, 0.25) is 0 Å². The highest BCUT2D eigenvalue weighted by atomic mass is 16.7. The van der Waals surface area contributed by atoms with Gasteiger partial charge in [-0.3, -0.25) is 0 Å². The zero-order valence-corrected chi connectivity index (χ0v) is 8.16. The fourth-order valence-electron chi connectivity index (χ4n) is 1.35. The van der Waals surface area contributed by atoms with Crippen molar-refractivity contribution in [1.29, 1.82) is 5.26 Å². The van der Waals surface area contributed by atoms with E-state index in [2.05, 4.69) is 13.0 Å². The minimum absolute atomic E-state index is 0.0591. The lowest BCUT2D eigenvalue weighted by molar-refractivity contribution is -0.194. The highest BCUT2D eigenvalue weighted by Gasteiger charge is 2.20. The van der Waals surface area contributed by atoms with E-state index in [4.69, 9.17) is 14.7 Å². The fraction of sp³-hybridized carbons (Fsp3) is 0.900. The third kappa shape index (κ3) is 3.75. The van der Waals surface area contributed by atoms with E-state index in [1.165, 1.54) is 12.8 Å². The highest BCUT2D eigenvalue weighted by Crippen LogP contribution is 2.15. The van der Waals surface area contributed by atoms with Crippen LogP contribution < -0.4 is 0 Å². The van der Waals surface area contributed by atoms with Crippen molar-refractivity contribution in [1.82, 2.24) is 0 Å². The minimum Gasteiger partial charge on any atom is -0.351 e. The topological polar surface area (TPSA) is 42.2 Å². The van der Waals surface area contributed by atoms with Crippen LogP contribution >= 0.6 is 0 Å². The van der Waals surface area contributed by atoms with E-state index < -0.39 is 0 Å². The monoisotopic (exact) mass is 183 g/mol. The lowest BCUT2D eigenvalue weighted by atomic mass is 10.1. The van der Waals surface area contributed by atoms with Crippen molar-refractivity contribution >= 4 is 0 Å². The van der Waals surface area contributed by atoms with E-state index in [0.717, 1.165) is 12.8 Å². The normalized spacial score (nSPS) is 28.3. The van der Waals surface area contributed by atoms with Gasteiger partial charge in [0.25, 0.3) is 0 Å². The Hall–Kier alpha value is -0.590. The molecule has 0 N–H and O–H groups in total. The molecule has 0 atom stereocenters. The maximum Gasteiger partial charge on any atom is 0.157 e. The summed E-state index contributed by atoms with van der Waals surface area (Å²) >= 11 is 0. The molecule has 3 heteroatoms. The predicted molar refractivity (Wildman–Crippen MR) is 48.9 cm³/mol. The molecular formula is C10H17NO2. The number of ether oxygens (including phenoxy) is 2. The van der Waals surface area contributed by atoms with Crippen molar-refractivity contribution in [2.24, 2.45) is 5.92 Å². The summed E-state index contributed by atoms with van der Waals surface area (Å²) in [5, 5.41) is 8.58. The van der Waals surface area contributed by atoms with Crippen LogP contribution in [0.15, 0.2) is 0 Å². The third-order valence-corrected chi connectivity index (χ3v) is 2.19. The summed E-state index contributed by atoms with van der Waals surface area (Å²) < 4.78 is 10.8. The number of unbranched alkanes of at least 4 members (excludes halogenated alkanes) is 2. The summed E-state index contributed by atoms with van der Waals surface area (Å²) in [6.07, 6.45) is 4.50. The van der Waals surface area contributed by atoms with E-state index in [0.29, 0.717) is 13.2 Å². The first-order valence-electron chi connectivity index (χ1n) is 4.99. The molecule has 1 heterocycles. The van der Waals surface area contributed by atoms with E-state index in [-0.39, 0.29) is 12.2 Å². The summed E-state index contributed by atoms with van der Waals surface area (Å²) in [6, 6.07) is 2.14. The Morgan fingerprint density at radius 3 is 2.54 bits per heavy atom. The molecule has 3 nitrogen and oxygen atoms in total. The van der Waals surface area contributed by atoms with Crippen LogP contribution in [0.3, 0.4) is 0 Å². The third-order valence-electron chi connectivity index (χ3n) is 2.19. The highest BCUT2D eigenvalue weighted by molar-refractivity contribution is 4.83. The predicted octanol–water partition coefficient (Wildman–Crippen LogP) is 2.08. The van der Waals surface area contributed by atoms with Gasteiger partial charge >= 0.3 is 0 Å². The largest absolute Gasteiger partial charge is 0.351 e. The summed E-state index contributed by atoms with van der Waals surface area (Å²) in [5.74, 6) is -0.0672. The van der Waals surface area contributed by atoms with Crippen molar-refractivity contribution in [2.45, 2.75) is 38.9 Å². The van der Waals surface area contributed by atoms with Gasteiger partial charge in [-0.15, -0.1) is 0 Å². The number of hydrogen-bond donors (Lipinski definition) is 0. The van der Waals surface area contributed by atoms with E-state index in [1.807, 2.05) is 0 Å². The second kappa shape index (κ2) is 5.95. The first-order valence-corrected chi connectivity index (χ1v) is 4.99. The molecule has 1 aliphatic rings. The molecule has 0 amide bonds. The van der Waals surface area contributed by atoms with Crippen LogP contribution in [-0.4, -0.2) is 19.5 Å². The van der Waals surface area contributed by atoms with Crippen LogP contribution in [0.5, 0.6) is 0 Å². The molecule has 0 aromatic carbocycles. The zero-order valence-electron chi connectivity index (χ0n) is 8.16.